The predicted molar refractivity (Wildman–Crippen MR) is 112 cm³/mol. The molecule has 3 aromatic rings. The molecule has 7 nitrogen and oxygen atoms in total. The molecular weight excluding hydrogens is 390 g/mol. The van der Waals surface area contributed by atoms with Crippen molar-refractivity contribution in [3.63, 3.8) is 0 Å². The summed E-state index contributed by atoms with van der Waals surface area (Å²) in [5, 5.41) is 8.87. The van der Waals surface area contributed by atoms with Crippen LogP contribution in [0.5, 0.6) is 0 Å². The molecular formula is C21H24ClN5O2. The van der Waals surface area contributed by atoms with Crippen LogP contribution >= 0.6 is 11.6 Å². The number of carbonyl (C=O) groups excluding carboxylic acids is 1. The van der Waals surface area contributed by atoms with Crippen molar-refractivity contribution < 1.29 is 4.79 Å². The number of hydrogen-bond acceptors (Lipinski definition) is 4. The molecule has 1 saturated heterocycles. The van der Waals surface area contributed by atoms with E-state index in [0.717, 1.165) is 25.9 Å². The van der Waals surface area contributed by atoms with E-state index in [1.165, 1.54) is 4.57 Å². The molecule has 4 rings (SSSR count). The van der Waals surface area contributed by atoms with Crippen LogP contribution < -0.4 is 5.56 Å². The Hall–Kier alpha value is -2.67. The van der Waals surface area contributed by atoms with Crippen LogP contribution in [0.4, 0.5) is 0 Å². The molecule has 1 aliphatic rings. The second-order valence-electron chi connectivity index (χ2n) is 7.68. The van der Waals surface area contributed by atoms with Gasteiger partial charge in [-0.25, -0.2) is 0 Å². The molecule has 0 atom stereocenters. The Morgan fingerprint density at radius 1 is 1.14 bits per heavy atom. The first kappa shape index (κ1) is 19.6. The molecule has 1 aliphatic heterocycles. The Kier molecular flexibility index (Phi) is 5.67. The van der Waals surface area contributed by atoms with Crippen molar-refractivity contribution in [2.24, 2.45) is 5.92 Å². The van der Waals surface area contributed by atoms with Gasteiger partial charge in [-0.2, -0.15) is 0 Å². The highest BCUT2D eigenvalue weighted by atomic mass is 35.5. The third kappa shape index (κ3) is 4.19. The van der Waals surface area contributed by atoms with Gasteiger partial charge in [0.1, 0.15) is 5.82 Å². The Morgan fingerprint density at radius 3 is 2.59 bits per heavy atom. The molecule has 1 aromatic carbocycles. The summed E-state index contributed by atoms with van der Waals surface area (Å²) >= 11 is 5.92. The van der Waals surface area contributed by atoms with Crippen LogP contribution in [-0.2, 0) is 11.2 Å². The van der Waals surface area contributed by atoms with E-state index in [1.54, 1.807) is 41.1 Å². The average Bonchev–Trinajstić information content (AvgIpc) is 3.13. The Bertz CT molecular complexity index is 1060. The zero-order chi connectivity index (χ0) is 20.4. The second kappa shape index (κ2) is 8.37. The fourth-order valence-corrected chi connectivity index (χ4v) is 3.85. The molecule has 0 aliphatic carbocycles. The fraction of sp³-hybridized carbons (Fsp3) is 0.429. The Labute approximate surface area is 173 Å². The SMILES string of the molecule is CC1CCN(C(=O)CCCc2nnc3c(=O)n(-c4ccc(Cl)cc4)ccn23)CC1. The van der Waals surface area contributed by atoms with Crippen LogP contribution in [0, 0.1) is 5.92 Å². The minimum Gasteiger partial charge on any atom is -0.343 e. The van der Waals surface area contributed by atoms with Crippen molar-refractivity contribution in [1.82, 2.24) is 24.1 Å². The maximum absolute atomic E-state index is 12.8. The topological polar surface area (TPSA) is 72.5 Å². The number of hydrogen-bond donors (Lipinski definition) is 0. The summed E-state index contributed by atoms with van der Waals surface area (Å²) in [4.78, 5) is 27.1. The maximum atomic E-state index is 12.8. The third-order valence-corrected chi connectivity index (χ3v) is 5.83. The van der Waals surface area contributed by atoms with E-state index in [9.17, 15) is 9.59 Å². The van der Waals surface area contributed by atoms with Gasteiger partial charge in [0.15, 0.2) is 0 Å². The molecule has 0 N–H and O–H groups in total. The first-order valence-electron chi connectivity index (χ1n) is 10.0. The largest absolute Gasteiger partial charge is 0.343 e. The van der Waals surface area contributed by atoms with Crippen LogP contribution in [0.25, 0.3) is 11.3 Å². The number of carbonyl (C=O) groups is 1. The lowest BCUT2D eigenvalue weighted by Crippen LogP contribution is -2.37. The first-order valence-corrected chi connectivity index (χ1v) is 10.4. The van der Waals surface area contributed by atoms with E-state index in [-0.39, 0.29) is 17.1 Å². The van der Waals surface area contributed by atoms with Crippen LogP contribution in [0.1, 0.15) is 38.4 Å². The van der Waals surface area contributed by atoms with E-state index in [0.29, 0.717) is 41.7 Å². The quantitative estimate of drug-likeness (QED) is 0.644. The summed E-state index contributed by atoms with van der Waals surface area (Å²) < 4.78 is 3.23. The summed E-state index contributed by atoms with van der Waals surface area (Å²) in [7, 11) is 0. The summed E-state index contributed by atoms with van der Waals surface area (Å²) in [5.41, 5.74) is 0.744. The number of aryl methyl sites for hydroxylation is 1. The minimum atomic E-state index is -0.243. The van der Waals surface area contributed by atoms with Crippen molar-refractivity contribution in [2.45, 2.75) is 39.0 Å². The lowest BCUT2D eigenvalue weighted by Gasteiger charge is -2.30. The van der Waals surface area contributed by atoms with Gasteiger partial charge in [-0.1, -0.05) is 18.5 Å². The van der Waals surface area contributed by atoms with E-state index >= 15 is 0 Å². The third-order valence-electron chi connectivity index (χ3n) is 5.57. The Balaban J connectivity index is 1.44. The number of nitrogens with zero attached hydrogens (tertiary/aromatic N) is 5. The number of piperidine rings is 1. The van der Waals surface area contributed by atoms with Crippen LogP contribution in [0.3, 0.4) is 0 Å². The number of aromatic nitrogens is 4. The summed E-state index contributed by atoms with van der Waals surface area (Å²) in [6, 6.07) is 7.04. The highest BCUT2D eigenvalue weighted by Crippen LogP contribution is 2.17. The van der Waals surface area contributed by atoms with Gasteiger partial charge >= 0.3 is 5.56 Å². The van der Waals surface area contributed by atoms with Crippen molar-refractivity contribution in [3.8, 4) is 5.69 Å². The molecule has 3 heterocycles. The van der Waals surface area contributed by atoms with Crippen LogP contribution in [0.2, 0.25) is 5.02 Å². The fourth-order valence-electron chi connectivity index (χ4n) is 3.72. The maximum Gasteiger partial charge on any atom is 0.300 e. The van der Waals surface area contributed by atoms with Gasteiger partial charge in [-0.15, -0.1) is 10.2 Å². The number of amides is 1. The van der Waals surface area contributed by atoms with Gasteiger partial charge < -0.3 is 4.90 Å². The number of fused-ring (bicyclic) bond motifs is 1. The van der Waals surface area contributed by atoms with Crippen molar-refractivity contribution in [2.75, 3.05) is 13.1 Å². The first-order chi connectivity index (χ1) is 14.0. The van der Waals surface area contributed by atoms with Gasteiger partial charge in [0.25, 0.3) is 0 Å². The smallest absolute Gasteiger partial charge is 0.300 e. The molecule has 0 bridgehead atoms. The molecule has 0 unspecified atom stereocenters. The molecule has 1 amide bonds. The highest BCUT2D eigenvalue weighted by molar-refractivity contribution is 6.30. The molecule has 0 radical (unpaired) electrons. The zero-order valence-corrected chi connectivity index (χ0v) is 17.2. The van der Waals surface area contributed by atoms with Crippen molar-refractivity contribution in [1.29, 1.82) is 0 Å². The zero-order valence-electron chi connectivity index (χ0n) is 16.4. The monoisotopic (exact) mass is 413 g/mol. The van der Waals surface area contributed by atoms with Gasteiger partial charge in [0.2, 0.25) is 11.6 Å². The normalized spacial score (nSPS) is 15.2. The lowest BCUT2D eigenvalue weighted by molar-refractivity contribution is -0.132. The molecule has 0 spiro atoms. The number of benzene rings is 1. The molecule has 29 heavy (non-hydrogen) atoms. The second-order valence-corrected chi connectivity index (χ2v) is 8.11. The molecule has 0 saturated carbocycles. The van der Waals surface area contributed by atoms with Crippen LogP contribution in [-0.4, -0.2) is 43.1 Å². The van der Waals surface area contributed by atoms with Gasteiger partial charge in [-0.05, 0) is 49.4 Å². The number of rotatable bonds is 5. The summed E-state index contributed by atoms with van der Waals surface area (Å²) in [6.45, 7) is 3.95. The Morgan fingerprint density at radius 2 is 1.86 bits per heavy atom. The van der Waals surface area contributed by atoms with Crippen molar-refractivity contribution in [3.05, 3.63) is 57.9 Å². The molecule has 1 fully saturated rings. The van der Waals surface area contributed by atoms with Crippen LogP contribution in [0.15, 0.2) is 41.5 Å². The molecule has 2 aromatic heterocycles. The average molecular weight is 414 g/mol. The van der Waals surface area contributed by atoms with Gasteiger partial charge in [-0.3, -0.25) is 18.6 Å². The summed E-state index contributed by atoms with van der Waals surface area (Å²) in [6.07, 6.45) is 7.43. The van der Waals surface area contributed by atoms with E-state index in [4.69, 9.17) is 11.6 Å². The van der Waals surface area contributed by atoms with E-state index in [1.807, 2.05) is 4.90 Å². The minimum absolute atomic E-state index is 0.204. The number of likely N-dealkylation sites (tertiary alicyclic amines) is 1. The molecule has 152 valence electrons. The number of halogens is 1. The summed E-state index contributed by atoms with van der Waals surface area (Å²) in [5.74, 6) is 1.61. The predicted octanol–water partition coefficient (Wildman–Crippen LogP) is 3.11. The van der Waals surface area contributed by atoms with E-state index < -0.39 is 0 Å². The van der Waals surface area contributed by atoms with Crippen molar-refractivity contribution >= 4 is 23.2 Å². The highest BCUT2D eigenvalue weighted by Gasteiger charge is 2.20. The van der Waals surface area contributed by atoms with Gasteiger partial charge in [0.05, 0.1) is 0 Å². The molecule has 8 heteroatoms. The van der Waals surface area contributed by atoms with E-state index in [2.05, 4.69) is 17.1 Å². The standard InChI is InChI=1S/C21H24ClN5O2/c1-15-9-11-25(12-10-15)19(28)4-2-3-18-23-24-20-21(29)26(13-14-27(18)20)17-7-5-16(22)6-8-17/h5-8,13-15H,2-4,9-12H2,1H3. The lowest BCUT2D eigenvalue weighted by atomic mass is 9.99. The van der Waals surface area contributed by atoms with Gasteiger partial charge in [0, 0.05) is 49.0 Å².